The molecule has 1 unspecified atom stereocenters. The zero-order chi connectivity index (χ0) is 11.5. The molecule has 5 nitrogen and oxygen atoms in total. The molecular formula is C12H15ClN4O. The number of nitrogens with one attached hydrogen (secondary N) is 1. The van der Waals surface area contributed by atoms with E-state index in [9.17, 15) is 0 Å². The molecule has 18 heavy (non-hydrogen) atoms. The average molecular weight is 267 g/mol. The Bertz CT molecular complexity index is 482. The van der Waals surface area contributed by atoms with Gasteiger partial charge in [0, 0.05) is 30.4 Å². The molecule has 96 valence electrons. The van der Waals surface area contributed by atoms with Gasteiger partial charge in [-0.25, -0.2) is 0 Å². The number of halogens is 1. The maximum absolute atomic E-state index is 5.25. The van der Waals surface area contributed by atoms with Crippen LogP contribution < -0.4 is 5.32 Å². The standard InChI is InChI=1S/C12H14N4O.ClH/c1-3-9(8-13-5-1)12-15-11(17-16-12)7-10-4-2-6-14-10;/h1,3,5,8,10,14H,2,4,6-7H2;1H. The lowest BCUT2D eigenvalue weighted by Gasteiger charge is -2.04. The first-order valence-electron chi connectivity index (χ1n) is 5.88. The van der Waals surface area contributed by atoms with Crippen LogP contribution in [0.25, 0.3) is 11.4 Å². The summed E-state index contributed by atoms with van der Waals surface area (Å²) in [6.07, 6.45) is 6.70. The molecule has 1 fully saturated rings. The summed E-state index contributed by atoms with van der Waals surface area (Å²) >= 11 is 0. The first kappa shape index (κ1) is 13.0. The summed E-state index contributed by atoms with van der Waals surface area (Å²) in [5.74, 6) is 1.31. The van der Waals surface area contributed by atoms with Gasteiger partial charge in [-0.15, -0.1) is 12.4 Å². The zero-order valence-corrected chi connectivity index (χ0v) is 10.7. The molecule has 1 N–H and O–H groups in total. The van der Waals surface area contributed by atoms with E-state index in [0.717, 1.165) is 18.5 Å². The Balaban J connectivity index is 0.00000120. The number of hydrogen-bond acceptors (Lipinski definition) is 5. The maximum Gasteiger partial charge on any atom is 0.228 e. The normalized spacial score (nSPS) is 18.6. The van der Waals surface area contributed by atoms with Gasteiger partial charge in [-0.1, -0.05) is 5.16 Å². The molecule has 0 aromatic carbocycles. The average Bonchev–Trinajstić information content (AvgIpc) is 3.02. The summed E-state index contributed by atoms with van der Waals surface area (Å²) in [5.41, 5.74) is 0.891. The summed E-state index contributed by atoms with van der Waals surface area (Å²) in [6.45, 7) is 1.09. The molecule has 1 aliphatic heterocycles. The molecule has 1 aliphatic rings. The number of rotatable bonds is 3. The highest BCUT2D eigenvalue weighted by Crippen LogP contribution is 2.16. The lowest BCUT2D eigenvalue weighted by Crippen LogP contribution is -2.23. The van der Waals surface area contributed by atoms with Crippen LogP contribution in [0.5, 0.6) is 0 Å². The van der Waals surface area contributed by atoms with Gasteiger partial charge in [0.2, 0.25) is 11.7 Å². The van der Waals surface area contributed by atoms with Gasteiger partial charge < -0.3 is 9.84 Å². The lowest BCUT2D eigenvalue weighted by molar-refractivity contribution is 0.364. The van der Waals surface area contributed by atoms with E-state index in [-0.39, 0.29) is 12.4 Å². The Morgan fingerprint density at radius 1 is 1.44 bits per heavy atom. The Morgan fingerprint density at radius 3 is 3.11 bits per heavy atom. The molecule has 1 saturated heterocycles. The van der Waals surface area contributed by atoms with Crippen LogP contribution in [0.3, 0.4) is 0 Å². The van der Waals surface area contributed by atoms with Gasteiger partial charge in [-0.05, 0) is 31.5 Å². The van der Waals surface area contributed by atoms with Crippen molar-refractivity contribution in [3.63, 3.8) is 0 Å². The van der Waals surface area contributed by atoms with Crippen molar-refractivity contribution >= 4 is 12.4 Å². The summed E-state index contributed by atoms with van der Waals surface area (Å²) in [6, 6.07) is 4.27. The van der Waals surface area contributed by atoms with E-state index in [1.807, 2.05) is 12.1 Å². The van der Waals surface area contributed by atoms with Crippen molar-refractivity contribution in [2.24, 2.45) is 0 Å². The second kappa shape index (κ2) is 5.93. The van der Waals surface area contributed by atoms with Crippen LogP contribution in [-0.4, -0.2) is 27.7 Å². The van der Waals surface area contributed by atoms with Gasteiger partial charge in [0.25, 0.3) is 0 Å². The van der Waals surface area contributed by atoms with Gasteiger partial charge in [0.15, 0.2) is 0 Å². The number of pyridine rings is 1. The highest BCUT2D eigenvalue weighted by Gasteiger charge is 2.18. The van der Waals surface area contributed by atoms with E-state index in [1.165, 1.54) is 12.8 Å². The second-order valence-electron chi connectivity index (χ2n) is 4.25. The third-order valence-corrected chi connectivity index (χ3v) is 2.97. The summed E-state index contributed by atoms with van der Waals surface area (Å²) in [7, 11) is 0. The molecule has 0 saturated carbocycles. The molecule has 1 atom stereocenters. The molecule has 2 aromatic rings. The van der Waals surface area contributed by atoms with E-state index in [2.05, 4.69) is 20.4 Å². The topological polar surface area (TPSA) is 63.8 Å². The Labute approximate surface area is 111 Å². The number of aromatic nitrogens is 3. The van der Waals surface area contributed by atoms with Crippen molar-refractivity contribution in [1.82, 2.24) is 20.4 Å². The molecular weight excluding hydrogens is 252 g/mol. The fraction of sp³-hybridized carbons (Fsp3) is 0.417. The van der Waals surface area contributed by atoms with Crippen LogP contribution in [-0.2, 0) is 6.42 Å². The molecule has 3 rings (SSSR count). The van der Waals surface area contributed by atoms with Crippen molar-refractivity contribution in [1.29, 1.82) is 0 Å². The minimum absolute atomic E-state index is 0. The van der Waals surface area contributed by atoms with Crippen LogP contribution >= 0.6 is 12.4 Å². The van der Waals surface area contributed by atoms with Gasteiger partial charge in [-0.2, -0.15) is 4.98 Å². The number of hydrogen-bond donors (Lipinski definition) is 1. The lowest BCUT2D eigenvalue weighted by atomic mass is 10.1. The van der Waals surface area contributed by atoms with Crippen LogP contribution in [0.4, 0.5) is 0 Å². The summed E-state index contributed by atoms with van der Waals surface area (Å²) in [4.78, 5) is 8.43. The Morgan fingerprint density at radius 2 is 2.39 bits per heavy atom. The third-order valence-electron chi connectivity index (χ3n) is 2.97. The van der Waals surface area contributed by atoms with E-state index in [0.29, 0.717) is 17.8 Å². The molecule has 0 radical (unpaired) electrons. The predicted molar refractivity (Wildman–Crippen MR) is 69.5 cm³/mol. The third kappa shape index (κ3) is 2.86. The first-order valence-corrected chi connectivity index (χ1v) is 5.88. The fourth-order valence-electron chi connectivity index (χ4n) is 2.09. The fourth-order valence-corrected chi connectivity index (χ4v) is 2.09. The highest BCUT2D eigenvalue weighted by molar-refractivity contribution is 5.85. The molecule has 0 spiro atoms. The smallest absolute Gasteiger partial charge is 0.228 e. The van der Waals surface area contributed by atoms with Gasteiger partial charge in [-0.3, -0.25) is 4.98 Å². The van der Waals surface area contributed by atoms with Gasteiger partial charge >= 0.3 is 0 Å². The molecule has 0 aliphatic carbocycles. The van der Waals surface area contributed by atoms with Crippen molar-refractivity contribution in [2.75, 3.05) is 6.54 Å². The van der Waals surface area contributed by atoms with Crippen LogP contribution in [0.15, 0.2) is 29.0 Å². The SMILES string of the molecule is Cl.c1cncc(-c2noc(CC3CCCN3)n2)c1. The minimum Gasteiger partial charge on any atom is -0.339 e. The van der Waals surface area contributed by atoms with E-state index >= 15 is 0 Å². The van der Waals surface area contributed by atoms with Crippen LogP contribution in [0.2, 0.25) is 0 Å². The highest BCUT2D eigenvalue weighted by atomic mass is 35.5. The predicted octanol–water partition coefficient (Wildman–Crippen LogP) is 1.85. The Hall–Kier alpha value is -1.46. The minimum atomic E-state index is 0. The van der Waals surface area contributed by atoms with Crippen LogP contribution in [0.1, 0.15) is 18.7 Å². The van der Waals surface area contributed by atoms with Crippen molar-refractivity contribution < 1.29 is 4.52 Å². The van der Waals surface area contributed by atoms with E-state index in [4.69, 9.17) is 4.52 Å². The summed E-state index contributed by atoms with van der Waals surface area (Å²) < 4.78 is 5.25. The Kier molecular flexibility index (Phi) is 4.28. The molecule has 0 bridgehead atoms. The van der Waals surface area contributed by atoms with Gasteiger partial charge in [0.05, 0.1) is 0 Å². The molecule has 0 amide bonds. The second-order valence-corrected chi connectivity index (χ2v) is 4.25. The van der Waals surface area contributed by atoms with Crippen molar-refractivity contribution in [3.8, 4) is 11.4 Å². The van der Waals surface area contributed by atoms with Gasteiger partial charge in [0.1, 0.15) is 0 Å². The zero-order valence-electron chi connectivity index (χ0n) is 9.87. The molecule has 6 heteroatoms. The monoisotopic (exact) mass is 266 g/mol. The quantitative estimate of drug-likeness (QED) is 0.919. The maximum atomic E-state index is 5.25. The van der Waals surface area contributed by atoms with Crippen molar-refractivity contribution in [3.05, 3.63) is 30.4 Å². The first-order chi connectivity index (χ1) is 8.42. The molecule has 2 aromatic heterocycles. The van der Waals surface area contributed by atoms with E-state index < -0.39 is 0 Å². The van der Waals surface area contributed by atoms with E-state index in [1.54, 1.807) is 12.4 Å². The largest absolute Gasteiger partial charge is 0.339 e. The van der Waals surface area contributed by atoms with Crippen LogP contribution in [0, 0.1) is 0 Å². The molecule has 3 heterocycles. The number of nitrogens with zero attached hydrogens (tertiary/aromatic N) is 3. The van der Waals surface area contributed by atoms with Crippen molar-refractivity contribution in [2.45, 2.75) is 25.3 Å². The summed E-state index contributed by atoms with van der Waals surface area (Å²) in [5, 5.41) is 7.39.